The van der Waals surface area contributed by atoms with Gasteiger partial charge in [-0.05, 0) is 64.9 Å². The van der Waals surface area contributed by atoms with Crippen LogP contribution in [0.4, 0.5) is 0 Å². The summed E-state index contributed by atoms with van der Waals surface area (Å²) in [5.41, 5.74) is 1.90. The van der Waals surface area contributed by atoms with Crippen LogP contribution in [0, 0.1) is 0 Å². The van der Waals surface area contributed by atoms with Gasteiger partial charge in [0.15, 0.2) is 5.78 Å². The van der Waals surface area contributed by atoms with Crippen molar-refractivity contribution in [3.63, 3.8) is 0 Å². The van der Waals surface area contributed by atoms with Crippen molar-refractivity contribution in [3.05, 3.63) is 29.3 Å². The number of halogens is 1. The summed E-state index contributed by atoms with van der Waals surface area (Å²) in [7, 11) is 0. The molecule has 0 unspecified atom stereocenters. The predicted octanol–water partition coefficient (Wildman–Crippen LogP) is 0.666. The first kappa shape index (κ1) is 18.0. The van der Waals surface area contributed by atoms with Crippen LogP contribution in [0.25, 0.3) is 0 Å². The summed E-state index contributed by atoms with van der Waals surface area (Å²) in [4.78, 5) is 14.0. The number of Topliss-reactive ketones (excluding diaryl/α,β-unsaturated/α-hetero) is 1. The average Bonchev–Trinajstić information content (AvgIpc) is 2.41. The van der Waals surface area contributed by atoms with Gasteiger partial charge in [-0.3, -0.25) is 9.69 Å². The van der Waals surface area contributed by atoms with E-state index in [0.29, 0.717) is 0 Å². The van der Waals surface area contributed by atoms with Gasteiger partial charge in [-0.2, -0.15) is 0 Å². The lowest BCUT2D eigenvalue weighted by atomic mass is 10.0. The van der Waals surface area contributed by atoms with E-state index in [1.54, 1.807) is 6.92 Å². The molecule has 0 aromatic heterocycles. The third-order valence-electron chi connectivity index (χ3n) is 3.67. The smallest absolute Gasteiger partial charge is 0.159 e. The van der Waals surface area contributed by atoms with E-state index in [4.69, 9.17) is 4.74 Å². The Morgan fingerprint density at radius 1 is 1.24 bits per heavy atom. The van der Waals surface area contributed by atoms with Crippen LogP contribution in [-0.2, 0) is 6.54 Å². The minimum atomic E-state index is 0. The van der Waals surface area contributed by atoms with Crippen LogP contribution in [-0.4, -0.2) is 29.9 Å². The summed E-state index contributed by atoms with van der Waals surface area (Å²) < 4.78 is 5.88. The molecule has 1 aliphatic rings. The highest BCUT2D eigenvalue weighted by Crippen LogP contribution is 2.24. The van der Waals surface area contributed by atoms with Crippen LogP contribution in [0.1, 0.15) is 56.0 Å². The molecule has 0 atom stereocenters. The van der Waals surface area contributed by atoms with E-state index in [0.717, 1.165) is 36.5 Å². The van der Waals surface area contributed by atoms with E-state index in [9.17, 15) is 4.79 Å². The van der Waals surface area contributed by atoms with Gasteiger partial charge in [0.25, 0.3) is 0 Å². The zero-order valence-electron chi connectivity index (χ0n) is 13.2. The Kier molecular flexibility index (Phi) is 7.20. The molecule has 1 aliphatic heterocycles. The molecule has 0 saturated carbocycles. The summed E-state index contributed by atoms with van der Waals surface area (Å²) >= 11 is 0. The van der Waals surface area contributed by atoms with E-state index in [-0.39, 0.29) is 24.3 Å². The van der Waals surface area contributed by atoms with Gasteiger partial charge in [0.2, 0.25) is 0 Å². The summed E-state index contributed by atoms with van der Waals surface area (Å²) in [5, 5.41) is 0. The second kappa shape index (κ2) is 8.40. The zero-order valence-corrected chi connectivity index (χ0v) is 13.9. The lowest BCUT2D eigenvalue weighted by Gasteiger charge is -2.27. The maximum absolute atomic E-state index is 11.6. The molecule has 1 fully saturated rings. The Hall–Kier alpha value is -1.06. The molecular formula is C17H25ClNO2-. The number of rotatable bonds is 5. The number of carbonyl (C=O) groups is 1. The highest BCUT2D eigenvalue weighted by atomic mass is 35.5. The van der Waals surface area contributed by atoms with Gasteiger partial charge < -0.3 is 17.1 Å². The molecule has 0 bridgehead atoms. The van der Waals surface area contributed by atoms with Gasteiger partial charge in [-0.1, -0.05) is 6.42 Å². The molecule has 1 aromatic carbocycles. The van der Waals surface area contributed by atoms with E-state index in [1.165, 1.54) is 19.3 Å². The largest absolute Gasteiger partial charge is 1.00 e. The number of ether oxygens (including phenoxy) is 1. The second-order valence-electron chi connectivity index (χ2n) is 5.88. The third-order valence-corrected chi connectivity index (χ3v) is 3.67. The van der Waals surface area contributed by atoms with Crippen LogP contribution in [0.3, 0.4) is 0 Å². The molecule has 1 aromatic rings. The molecule has 0 spiro atoms. The molecule has 0 amide bonds. The summed E-state index contributed by atoms with van der Waals surface area (Å²) in [6.45, 7) is 8.84. The van der Waals surface area contributed by atoms with Crippen LogP contribution in [0.2, 0.25) is 0 Å². The van der Waals surface area contributed by atoms with E-state index in [1.807, 2.05) is 32.0 Å². The minimum Gasteiger partial charge on any atom is -1.00 e. The first-order valence-corrected chi connectivity index (χ1v) is 7.59. The molecule has 0 aliphatic carbocycles. The van der Waals surface area contributed by atoms with Crippen molar-refractivity contribution in [1.29, 1.82) is 0 Å². The SMILES string of the molecule is CC(=O)c1ccc(OC(C)C)c(CN2CCCCC2)c1.[Cl-]. The first-order valence-electron chi connectivity index (χ1n) is 7.59. The van der Waals surface area contributed by atoms with Crippen LogP contribution in [0.15, 0.2) is 18.2 Å². The maximum Gasteiger partial charge on any atom is 0.159 e. The Bertz CT molecular complexity index is 468. The predicted molar refractivity (Wildman–Crippen MR) is 81.3 cm³/mol. The Labute approximate surface area is 134 Å². The van der Waals surface area contributed by atoms with Crippen molar-refractivity contribution in [2.75, 3.05) is 13.1 Å². The lowest BCUT2D eigenvalue weighted by Crippen LogP contribution is -3.00. The van der Waals surface area contributed by atoms with Crippen molar-refractivity contribution in [2.24, 2.45) is 0 Å². The van der Waals surface area contributed by atoms with Crippen molar-refractivity contribution < 1.29 is 21.9 Å². The zero-order chi connectivity index (χ0) is 14.5. The Morgan fingerprint density at radius 2 is 1.90 bits per heavy atom. The van der Waals surface area contributed by atoms with Crippen LogP contribution < -0.4 is 17.1 Å². The Morgan fingerprint density at radius 3 is 2.48 bits per heavy atom. The summed E-state index contributed by atoms with van der Waals surface area (Å²) in [6.07, 6.45) is 4.03. The van der Waals surface area contributed by atoms with E-state index >= 15 is 0 Å². The van der Waals surface area contributed by atoms with E-state index in [2.05, 4.69) is 4.90 Å². The number of benzene rings is 1. The van der Waals surface area contributed by atoms with Crippen molar-refractivity contribution >= 4 is 5.78 Å². The fourth-order valence-electron chi connectivity index (χ4n) is 2.65. The van der Waals surface area contributed by atoms with Crippen molar-refractivity contribution in [3.8, 4) is 5.75 Å². The molecule has 0 N–H and O–H groups in total. The van der Waals surface area contributed by atoms with Gasteiger partial charge >= 0.3 is 0 Å². The molecular weight excluding hydrogens is 286 g/mol. The number of hydrogen-bond acceptors (Lipinski definition) is 3. The first-order chi connectivity index (χ1) is 9.56. The van der Waals surface area contributed by atoms with Gasteiger partial charge in [0.05, 0.1) is 6.10 Å². The van der Waals surface area contributed by atoms with Gasteiger partial charge in [0, 0.05) is 17.7 Å². The van der Waals surface area contributed by atoms with Gasteiger partial charge in [-0.25, -0.2) is 0 Å². The lowest BCUT2D eigenvalue weighted by molar-refractivity contribution is -0.0000135. The number of ketones is 1. The number of likely N-dealkylation sites (tertiary alicyclic amines) is 1. The molecule has 118 valence electrons. The maximum atomic E-state index is 11.6. The summed E-state index contributed by atoms with van der Waals surface area (Å²) in [6, 6.07) is 5.80. The molecule has 21 heavy (non-hydrogen) atoms. The molecule has 1 heterocycles. The molecule has 4 heteroatoms. The number of hydrogen-bond donors (Lipinski definition) is 0. The standard InChI is InChI=1S/C17H25NO2.ClH/c1-13(2)20-17-8-7-15(14(3)19)11-16(17)12-18-9-5-4-6-10-18;/h7-8,11,13H,4-6,9-10,12H2,1-3H3;1H/p-1. The molecule has 3 nitrogen and oxygen atoms in total. The van der Waals surface area contributed by atoms with Gasteiger partial charge in [-0.15, -0.1) is 0 Å². The van der Waals surface area contributed by atoms with Crippen molar-refractivity contribution in [1.82, 2.24) is 4.90 Å². The quantitative estimate of drug-likeness (QED) is 0.749. The number of piperidine rings is 1. The number of nitrogens with zero attached hydrogens (tertiary/aromatic N) is 1. The van der Waals surface area contributed by atoms with E-state index < -0.39 is 0 Å². The molecule has 0 radical (unpaired) electrons. The average molecular weight is 311 g/mol. The Balaban J connectivity index is 0.00000220. The van der Waals surface area contributed by atoms with Crippen LogP contribution in [0.5, 0.6) is 5.75 Å². The monoisotopic (exact) mass is 310 g/mol. The highest BCUT2D eigenvalue weighted by Gasteiger charge is 2.15. The second-order valence-corrected chi connectivity index (χ2v) is 5.88. The fourth-order valence-corrected chi connectivity index (χ4v) is 2.65. The highest BCUT2D eigenvalue weighted by molar-refractivity contribution is 5.94. The minimum absolute atomic E-state index is 0. The number of carbonyl (C=O) groups excluding carboxylic acids is 1. The topological polar surface area (TPSA) is 29.5 Å². The normalized spacial score (nSPS) is 15.6. The molecule has 1 saturated heterocycles. The third kappa shape index (κ3) is 5.33. The summed E-state index contributed by atoms with van der Waals surface area (Å²) in [5.74, 6) is 1.02. The van der Waals surface area contributed by atoms with Crippen molar-refractivity contribution in [2.45, 2.75) is 52.7 Å². The molecule has 2 rings (SSSR count). The van der Waals surface area contributed by atoms with Crippen LogP contribution >= 0.6 is 0 Å². The van der Waals surface area contributed by atoms with Gasteiger partial charge in [0.1, 0.15) is 5.75 Å². The fraction of sp³-hybridized carbons (Fsp3) is 0.588.